The number of halogens is 1. The van der Waals surface area contributed by atoms with Crippen LogP contribution in [0.2, 0.25) is 5.02 Å². The van der Waals surface area contributed by atoms with Crippen LogP contribution in [0.1, 0.15) is 31.2 Å². The second-order valence-electron chi connectivity index (χ2n) is 6.85. The van der Waals surface area contributed by atoms with Gasteiger partial charge in [0.15, 0.2) is 0 Å². The first kappa shape index (κ1) is 21.3. The van der Waals surface area contributed by atoms with Crippen molar-refractivity contribution in [3.63, 3.8) is 0 Å². The lowest BCUT2D eigenvalue weighted by Crippen LogP contribution is -2.26. The molecule has 3 rings (SSSR count). The third kappa shape index (κ3) is 4.60. The molecule has 154 valence electrons. The highest BCUT2D eigenvalue weighted by atomic mass is 35.5. The minimum absolute atomic E-state index is 0.0508. The molecule has 0 radical (unpaired) electrons. The molecular formula is C20H22ClN3O4S. The zero-order valence-electron chi connectivity index (χ0n) is 16.6. The van der Waals surface area contributed by atoms with E-state index in [-0.39, 0.29) is 22.4 Å². The Labute approximate surface area is 175 Å². The van der Waals surface area contributed by atoms with E-state index in [9.17, 15) is 8.42 Å². The first-order valence-corrected chi connectivity index (χ1v) is 10.8. The molecule has 0 N–H and O–H groups in total. The van der Waals surface area contributed by atoms with Gasteiger partial charge in [-0.15, -0.1) is 0 Å². The van der Waals surface area contributed by atoms with Crippen molar-refractivity contribution in [1.29, 1.82) is 0 Å². The molecule has 0 fully saturated rings. The second-order valence-corrected chi connectivity index (χ2v) is 9.30. The Kier molecular flexibility index (Phi) is 6.26. The Hall–Kier alpha value is -2.42. The summed E-state index contributed by atoms with van der Waals surface area (Å²) >= 11 is 6.05. The number of aromatic nitrogens is 2. The van der Waals surface area contributed by atoms with Crippen LogP contribution in [-0.2, 0) is 16.6 Å². The monoisotopic (exact) mass is 435 g/mol. The van der Waals surface area contributed by atoms with E-state index in [1.54, 1.807) is 0 Å². The Morgan fingerprint density at radius 1 is 1.17 bits per heavy atom. The van der Waals surface area contributed by atoms with Gasteiger partial charge in [0.1, 0.15) is 5.75 Å². The van der Waals surface area contributed by atoms with Crippen LogP contribution in [0.15, 0.2) is 51.9 Å². The maximum absolute atomic E-state index is 12.8. The van der Waals surface area contributed by atoms with E-state index >= 15 is 0 Å². The van der Waals surface area contributed by atoms with Gasteiger partial charge in [0.25, 0.3) is 0 Å². The fourth-order valence-electron chi connectivity index (χ4n) is 2.72. The van der Waals surface area contributed by atoms with E-state index in [1.807, 2.05) is 24.3 Å². The number of rotatable bonds is 7. The first-order valence-electron chi connectivity index (χ1n) is 8.95. The van der Waals surface area contributed by atoms with Crippen molar-refractivity contribution in [3.8, 4) is 17.1 Å². The van der Waals surface area contributed by atoms with Gasteiger partial charge in [-0.25, -0.2) is 8.42 Å². The van der Waals surface area contributed by atoms with Crippen molar-refractivity contribution < 1.29 is 17.7 Å². The Morgan fingerprint density at radius 2 is 1.86 bits per heavy atom. The lowest BCUT2D eigenvalue weighted by atomic mass is 10.0. The Morgan fingerprint density at radius 3 is 2.45 bits per heavy atom. The molecule has 0 unspecified atom stereocenters. The zero-order chi connectivity index (χ0) is 21.2. The van der Waals surface area contributed by atoms with Crippen molar-refractivity contribution in [2.24, 2.45) is 0 Å². The van der Waals surface area contributed by atoms with Gasteiger partial charge in [-0.1, -0.05) is 54.9 Å². The van der Waals surface area contributed by atoms with Crippen molar-refractivity contribution >= 4 is 21.6 Å². The van der Waals surface area contributed by atoms with Gasteiger partial charge < -0.3 is 9.26 Å². The average Bonchev–Trinajstić information content (AvgIpc) is 3.16. The van der Waals surface area contributed by atoms with Crippen LogP contribution in [0.4, 0.5) is 0 Å². The zero-order valence-corrected chi connectivity index (χ0v) is 18.2. The summed E-state index contributed by atoms with van der Waals surface area (Å²) in [6, 6.07) is 12.2. The lowest BCUT2D eigenvalue weighted by molar-refractivity contribution is 0.336. The van der Waals surface area contributed by atoms with Gasteiger partial charge in [-0.3, -0.25) is 0 Å². The maximum Gasteiger partial charge on any atom is 0.243 e. The quantitative estimate of drug-likeness (QED) is 0.548. The summed E-state index contributed by atoms with van der Waals surface area (Å²) in [6.07, 6.45) is 0. The highest BCUT2D eigenvalue weighted by molar-refractivity contribution is 7.89. The van der Waals surface area contributed by atoms with Crippen LogP contribution < -0.4 is 4.74 Å². The van der Waals surface area contributed by atoms with E-state index in [2.05, 4.69) is 24.0 Å². The van der Waals surface area contributed by atoms with Crippen molar-refractivity contribution in [1.82, 2.24) is 14.4 Å². The van der Waals surface area contributed by atoms with Crippen LogP contribution in [-0.4, -0.2) is 37.0 Å². The summed E-state index contributed by atoms with van der Waals surface area (Å²) in [7, 11) is -0.887. The molecule has 0 saturated heterocycles. The lowest BCUT2D eigenvalue weighted by Gasteiger charge is -2.15. The third-order valence-electron chi connectivity index (χ3n) is 4.49. The SMILES string of the molecule is COc1ccc(S(=O)(=O)N(C)Cc2nc(-c3ccc(C(C)C)cc3)no2)cc1Cl. The van der Waals surface area contributed by atoms with Gasteiger partial charge in [0.05, 0.1) is 23.6 Å². The minimum Gasteiger partial charge on any atom is -0.495 e. The second kappa shape index (κ2) is 8.52. The molecule has 0 saturated carbocycles. The molecule has 7 nitrogen and oxygen atoms in total. The molecule has 0 amide bonds. The first-order chi connectivity index (χ1) is 13.7. The molecule has 0 bridgehead atoms. The molecule has 0 aliphatic heterocycles. The standard InChI is InChI=1S/C20H22ClN3O4S/c1-13(2)14-5-7-15(8-6-14)20-22-19(28-23-20)12-24(3)29(25,26)16-9-10-18(27-4)17(21)11-16/h5-11,13H,12H2,1-4H3. The highest BCUT2D eigenvalue weighted by Gasteiger charge is 2.24. The molecule has 0 aliphatic rings. The summed E-state index contributed by atoms with van der Waals surface area (Å²) in [6.45, 7) is 4.17. The molecule has 3 aromatic rings. The van der Waals surface area contributed by atoms with Crippen molar-refractivity contribution in [2.45, 2.75) is 31.2 Å². The summed E-state index contributed by atoms with van der Waals surface area (Å²) in [5, 5.41) is 4.18. The number of methoxy groups -OCH3 is 1. The summed E-state index contributed by atoms with van der Waals surface area (Å²) in [5.74, 6) is 1.43. The Bertz CT molecular complexity index is 1100. The van der Waals surface area contributed by atoms with Crippen LogP contribution >= 0.6 is 11.6 Å². The van der Waals surface area contributed by atoms with E-state index in [0.717, 1.165) is 9.87 Å². The highest BCUT2D eigenvalue weighted by Crippen LogP contribution is 2.28. The van der Waals surface area contributed by atoms with Gasteiger partial charge >= 0.3 is 0 Å². The normalized spacial score (nSPS) is 12.0. The summed E-state index contributed by atoms with van der Waals surface area (Å²) in [5.41, 5.74) is 2.01. The number of hydrogen-bond acceptors (Lipinski definition) is 6. The van der Waals surface area contributed by atoms with Crippen LogP contribution in [0.25, 0.3) is 11.4 Å². The molecule has 0 aliphatic carbocycles. The van der Waals surface area contributed by atoms with Crippen LogP contribution in [0.5, 0.6) is 5.75 Å². The number of benzene rings is 2. The molecule has 1 aromatic heterocycles. The van der Waals surface area contributed by atoms with Crippen molar-refractivity contribution in [3.05, 3.63) is 58.9 Å². The smallest absolute Gasteiger partial charge is 0.243 e. The third-order valence-corrected chi connectivity index (χ3v) is 6.59. The largest absolute Gasteiger partial charge is 0.495 e. The minimum atomic E-state index is -3.79. The fourth-order valence-corrected chi connectivity index (χ4v) is 4.19. The van der Waals surface area contributed by atoms with Gasteiger partial charge in [0.2, 0.25) is 21.7 Å². The summed E-state index contributed by atoms with van der Waals surface area (Å²) in [4.78, 5) is 4.37. The van der Waals surface area contributed by atoms with E-state index in [0.29, 0.717) is 17.5 Å². The average molecular weight is 436 g/mol. The topological polar surface area (TPSA) is 85.5 Å². The molecule has 1 heterocycles. The summed E-state index contributed by atoms with van der Waals surface area (Å²) < 4.78 is 37.0. The number of sulfonamides is 1. The van der Waals surface area contributed by atoms with Gasteiger partial charge in [0, 0.05) is 12.6 Å². The Balaban J connectivity index is 1.77. The van der Waals surface area contributed by atoms with E-state index in [4.69, 9.17) is 20.9 Å². The molecule has 0 spiro atoms. The van der Waals surface area contributed by atoms with Gasteiger partial charge in [-0.05, 0) is 29.7 Å². The predicted octanol–water partition coefficient (Wildman–Crippen LogP) is 4.34. The molecule has 9 heteroatoms. The number of nitrogens with zero attached hydrogens (tertiary/aromatic N) is 3. The maximum atomic E-state index is 12.8. The van der Waals surface area contributed by atoms with E-state index < -0.39 is 10.0 Å². The molecular weight excluding hydrogens is 414 g/mol. The van der Waals surface area contributed by atoms with E-state index in [1.165, 1.54) is 37.9 Å². The van der Waals surface area contributed by atoms with Crippen molar-refractivity contribution in [2.75, 3.05) is 14.2 Å². The molecule has 29 heavy (non-hydrogen) atoms. The van der Waals surface area contributed by atoms with Crippen LogP contribution in [0.3, 0.4) is 0 Å². The fraction of sp³-hybridized carbons (Fsp3) is 0.300. The van der Waals surface area contributed by atoms with Crippen LogP contribution in [0, 0.1) is 0 Å². The number of hydrogen-bond donors (Lipinski definition) is 0. The molecule has 0 atom stereocenters. The van der Waals surface area contributed by atoms with Gasteiger partial charge in [-0.2, -0.15) is 9.29 Å². The predicted molar refractivity (Wildman–Crippen MR) is 110 cm³/mol. The molecule has 2 aromatic carbocycles. The number of ether oxygens (including phenoxy) is 1.